The van der Waals surface area contributed by atoms with Crippen LogP contribution in [0.25, 0.3) is 5.78 Å². The molecule has 0 N–H and O–H groups in total. The average molecular weight is 455 g/mol. The Kier molecular flexibility index (Phi) is 6.59. The Balaban J connectivity index is 1.31. The van der Waals surface area contributed by atoms with Crippen molar-refractivity contribution in [1.82, 2.24) is 24.5 Å². The highest BCUT2D eigenvalue weighted by Crippen LogP contribution is 2.18. The summed E-state index contributed by atoms with van der Waals surface area (Å²) in [7, 11) is 0. The van der Waals surface area contributed by atoms with E-state index in [2.05, 4.69) is 32.1 Å². The summed E-state index contributed by atoms with van der Waals surface area (Å²) in [5.74, 6) is -0.126. The zero-order chi connectivity index (χ0) is 22.7. The van der Waals surface area contributed by atoms with Crippen molar-refractivity contribution in [3.63, 3.8) is 0 Å². The molecular formula is C22H26N6O3S. The fraction of sp³-hybridized carbons (Fsp3) is 0.409. The zero-order valence-electron chi connectivity index (χ0n) is 18.4. The summed E-state index contributed by atoms with van der Waals surface area (Å²) in [6.07, 6.45) is 1.93. The molecular weight excluding hydrogens is 428 g/mol. The lowest BCUT2D eigenvalue weighted by atomic mass is 10.1. The molecule has 3 heterocycles. The Bertz CT molecular complexity index is 1130. The molecule has 3 aromatic rings. The van der Waals surface area contributed by atoms with E-state index in [4.69, 9.17) is 4.74 Å². The first-order valence-electron chi connectivity index (χ1n) is 10.5. The number of benzene rings is 1. The van der Waals surface area contributed by atoms with Crippen LogP contribution in [-0.4, -0.2) is 75.4 Å². The fourth-order valence-corrected chi connectivity index (χ4v) is 4.15. The Hall–Kier alpha value is -3.14. The normalized spacial score (nSPS) is 14.1. The largest absolute Gasteiger partial charge is 0.455 e. The van der Waals surface area contributed by atoms with Gasteiger partial charge in [-0.3, -0.25) is 9.59 Å². The number of hydrogen-bond donors (Lipinski definition) is 0. The summed E-state index contributed by atoms with van der Waals surface area (Å²) in [4.78, 5) is 37.8. The second kappa shape index (κ2) is 9.56. The molecule has 2 aromatic heterocycles. The maximum atomic E-state index is 12.5. The second-order valence-electron chi connectivity index (χ2n) is 7.61. The van der Waals surface area contributed by atoms with E-state index in [1.165, 1.54) is 11.8 Å². The van der Waals surface area contributed by atoms with Crippen LogP contribution in [0.2, 0.25) is 0 Å². The topological polar surface area (TPSA) is 92.9 Å². The standard InChI is InChI=1S/C22H26N6O3S/c1-15-18(16(2)28-21(23-15)24-22(25-28)32-3)13-20(30)31-14-19(29)27-11-9-26(10-12-27)17-7-5-4-6-8-17/h4-8H,9-14H2,1-3H3. The van der Waals surface area contributed by atoms with Gasteiger partial charge in [-0.1, -0.05) is 30.0 Å². The molecule has 9 nitrogen and oxygen atoms in total. The number of hydrogen-bond acceptors (Lipinski definition) is 8. The van der Waals surface area contributed by atoms with Gasteiger partial charge < -0.3 is 14.5 Å². The molecule has 0 saturated carbocycles. The van der Waals surface area contributed by atoms with Crippen molar-refractivity contribution in [3.8, 4) is 0 Å². The van der Waals surface area contributed by atoms with Crippen LogP contribution in [0.5, 0.6) is 0 Å². The van der Waals surface area contributed by atoms with Gasteiger partial charge in [0.15, 0.2) is 6.61 Å². The maximum Gasteiger partial charge on any atom is 0.310 e. The number of anilines is 1. The number of carbonyl (C=O) groups excluding carboxylic acids is 2. The molecule has 0 spiro atoms. The summed E-state index contributed by atoms with van der Waals surface area (Å²) in [6.45, 7) is 6.18. The van der Waals surface area contributed by atoms with Crippen LogP contribution in [-0.2, 0) is 20.7 Å². The van der Waals surface area contributed by atoms with Crippen molar-refractivity contribution in [3.05, 3.63) is 47.3 Å². The minimum Gasteiger partial charge on any atom is -0.455 e. The van der Waals surface area contributed by atoms with Crippen LogP contribution in [0.1, 0.15) is 17.0 Å². The molecule has 0 aliphatic carbocycles. The van der Waals surface area contributed by atoms with E-state index in [0.717, 1.165) is 30.0 Å². The van der Waals surface area contributed by atoms with Crippen LogP contribution in [0, 0.1) is 13.8 Å². The average Bonchev–Trinajstić information content (AvgIpc) is 3.24. The molecule has 1 fully saturated rings. The quantitative estimate of drug-likeness (QED) is 0.412. The van der Waals surface area contributed by atoms with E-state index >= 15 is 0 Å². The van der Waals surface area contributed by atoms with Crippen LogP contribution < -0.4 is 4.90 Å². The van der Waals surface area contributed by atoms with Gasteiger partial charge in [0.2, 0.25) is 5.16 Å². The van der Waals surface area contributed by atoms with Gasteiger partial charge in [0.1, 0.15) is 0 Å². The molecule has 1 aliphatic rings. The number of amides is 1. The molecule has 1 amide bonds. The lowest BCUT2D eigenvalue weighted by Crippen LogP contribution is -2.49. The van der Waals surface area contributed by atoms with Gasteiger partial charge in [0.25, 0.3) is 11.7 Å². The number of ether oxygens (including phenoxy) is 1. The van der Waals surface area contributed by atoms with E-state index in [1.807, 2.05) is 38.3 Å². The number of esters is 1. The second-order valence-corrected chi connectivity index (χ2v) is 8.39. The van der Waals surface area contributed by atoms with Crippen LogP contribution in [0.4, 0.5) is 5.69 Å². The Morgan fingerprint density at radius 3 is 2.47 bits per heavy atom. The summed E-state index contributed by atoms with van der Waals surface area (Å²) in [5.41, 5.74) is 3.39. The number of para-hydroxylation sites is 1. The van der Waals surface area contributed by atoms with Gasteiger partial charge in [-0.05, 0) is 32.2 Å². The number of aryl methyl sites for hydroxylation is 2. The smallest absolute Gasteiger partial charge is 0.310 e. The number of aromatic nitrogens is 4. The molecule has 1 aromatic carbocycles. The van der Waals surface area contributed by atoms with Crippen LogP contribution in [0.3, 0.4) is 0 Å². The summed E-state index contributed by atoms with van der Waals surface area (Å²) in [6, 6.07) is 10.1. The monoisotopic (exact) mass is 454 g/mol. The molecule has 0 radical (unpaired) electrons. The Morgan fingerprint density at radius 2 is 1.78 bits per heavy atom. The SMILES string of the molecule is CSc1nc2nc(C)c(CC(=O)OCC(=O)N3CCN(c4ccccc4)CC3)c(C)n2n1. The highest BCUT2D eigenvalue weighted by molar-refractivity contribution is 7.98. The van der Waals surface area contributed by atoms with E-state index in [1.54, 1.807) is 9.42 Å². The lowest BCUT2D eigenvalue weighted by molar-refractivity contribution is -0.151. The van der Waals surface area contributed by atoms with E-state index in [0.29, 0.717) is 29.7 Å². The van der Waals surface area contributed by atoms with Gasteiger partial charge in [0, 0.05) is 48.8 Å². The predicted molar refractivity (Wildman–Crippen MR) is 122 cm³/mol. The third-order valence-electron chi connectivity index (χ3n) is 5.64. The number of fused-ring (bicyclic) bond motifs is 1. The number of piperazine rings is 1. The minimum atomic E-state index is -0.459. The Labute approximate surface area is 190 Å². The highest BCUT2D eigenvalue weighted by atomic mass is 32.2. The molecule has 0 bridgehead atoms. The van der Waals surface area contributed by atoms with Crippen molar-refractivity contribution in [2.45, 2.75) is 25.4 Å². The zero-order valence-corrected chi connectivity index (χ0v) is 19.3. The van der Waals surface area contributed by atoms with Crippen molar-refractivity contribution >= 4 is 35.1 Å². The highest BCUT2D eigenvalue weighted by Gasteiger charge is 2.23. The van der Waals surface area contributed by atoms with E-state index in [9.17, 15) is 9.59 Å². The minimum absolute atomic E-state index is 0.0319. The van der Waals surface area contributed by atoms with Gasteiger partial charge >= 0.3 is 5.97 Å². The fourth-order valence-electron chi connectivity index (χ4n) is 3.81. The van der Waals surface area contributed by atoms with Crippen molar-refractivity contribution in [1.29, 1.82) is 0 Å². The molecule has 32 heavy (non-hydrogen) atoms. The number of rotatable bonds is 6. The molecule has 1 aliphatic heterocycles. The molecule has 0 atom stereocenters. The summed E-state index contributed by atoms with van der Waals surface area (Å²) >= 11 is 1.43. The molecule has 0 unspecified atom stereocenters. The molecule has 168 valence electrons. The van der Waals surface area contributed by atoms with Gasteiger partial charge in [0.05, 0.1) is 6.42 Å². The van der Waals surface area contributed by atoms with Gasteiger partial charge in [-0.25, -0.2) is 9.50 Å². The van der Waals surface area contributed by atoms with Crippen molar-refractivity contribution in [2.75, 3.05) is 43.9 Å². The van der Waals surface area contributed by atoms with E-state index in [-0.39, 0.29) is 18.9 Å². The van der Waals surface area contributed by atoms with Crippen molar-refractivity contribution in [2.24, 2.45) is 0 Å². The van der Waals surface area contributed by atoms with Gasteiger partial charge in [-0.15, -0.1) is 5.10 Å². The number of nitrogens with zero attached hydrogens (tertiary/aromatic N) is 6. The van der Waals surface area contributed by atoms with E-state index < -0.39 is 5.97 Å². The third kappa shape index (κ3) is 4.69. The third-order valence-corrected chi connectivity index (χ3v) is 6.18. The first kappa shape index (κ1) is 22.1. The van der Waals surface area contributed by atoms with Crippen molar-refractivity contribution < 1.29 is 14.3 Å². The predicted octanol–water partition coefficient (Wildman–Crippen LogP) is 1.90. The first-order valence-corrected chi connectivity index (χ1v) is 11.7. The number of carbonyl (C=O) groups is 2. The summed E-state index contributed by atoms with van der Waals surface area (Å²) < 4.78 is 6.94. The first-order chi connectivity index (χ1) is 15.5. The maximum absolute atomic E-state index is 12.5. The summed E-state index contributed by atoms with van der Waals surface area (Å²) in [5, 5.41) is 5.02. The van der Waals surface area contributed by atoms with Crippen LogP contribution in [0.15, 0.2) is 35.5 Å². The lowest BCUT2D eigenvalue weighted by Gasteiger charge is -2.36. The molecule has 4 rings (SSSR count). The molecule has 1 saturated heterocycles. The van der Waals surface area contributed by atoms with Crippen LogP contribution >= 0.6 is 11.8 Å². The molecule has 10 heteroatoms. The number of thioether (sulfide) groups is 1. The Morgan fingerprint density at radius 1 is 1.06 bits per heavy atom. The van der Waals surface area contributed by atoms with Gasteiger partial charge in [-0.2, -0.15) is 4.98 Å².